The Labute approximate surface area is 213 Å². The predicted molar refractivity (Wildman–Crippen MR) is 130 cm³/mol. The molecule has 1 fully saturated rings. The summed E-state index contributed by atoms with van der Waals surface area (Å²) in [6, 6.07) is 12.5. The van der Waals surface area contributed by atoms with E-state index in [9.17, 15) is 29.1 Å². The molecule has 11 heteroatoms. The molecule has 3 amide bonds. The van der Waals surface area contributed by atoms with E-state index in [4.69, 9.17) is 15.6 Å². The van der Waals surface area contributed by atoms with E-state index in [1.54, 1.807) is 12.1 Å². The van der Waals surface area contributed by atoms with Gasteiger partial charge in [0.25, 0.3) is 11.8 Å². The standard InChI is InChI=1S/C26H29N3O8/c1-14-2-4-16(5-3-14)11-19(29-26(36)23-22(37-23)25(35)28-13-21(32)33)20(31)12-17(24(27)34)10-15-6-8-18(30)9-7-15/h2-9,17,19,22-23,30H,10-13H2,1H3,(H2,27,34)(H,28,35)(H,29,36)(H,32,33)/t17-,19+,22?,23-/m1/s1. The maximum absolute atomic E-state index is 13.3. The first-order chi connectivity index (χ1) is 17.5. The number of carbonyl (C=O) groups is 5. The van der Waals surface area contributed by atoms with Crippen molar-refractivity contribution in [2.45, 2.75) is 44.4 Å². The highest BCUT2D eigenvalue weighted by atomic mass is 16.6. The molecule has 1 heterocycles. The van der Waals surface area contributed by atoms with Crippen molar-refractivity contribution in [2.24, 2.45) is 11.7 Å². The maximum Gasteiger partial charge on any atom is 0.322 e. The fourth-order valence-corrected chi connectivity index (χ4v) is 3.81. The summed E-state index contributed by atoms with van der Waals surface area (Å²) in [4.78, 5) is 60.8. The van der Waals surface area contributed by atoms with Gasteiger partial charge in [-0.15, -0.1) is 0 Å². The number of phenolic OH excluding ortho intramolecular Hbond substituents is 1. The number of nitrogens with two attached hydrogens (primary N) is 1. The van der Waals surface area contributed by atoms with E-state index >= 15 is 0 Å². The summed E-state index contributed by atoms with van der Waals surface area (Å²) in [5.74, 6) is -4.57. The number of amides is 3. The minimum atomic E-state index is -1.24. The minimum absolute atomic E-state index is 0.0635. The van der Waals surface area contributed by atoms with E-state index in [1.807, 2.05) is 31.2 Å². The van der Waals surface area contributed by atoms with Gasteiger partial charge >= 0.3 is 5.97 Å². The number of ether oxygens (including phenoxy) is 1. The number of aryl methyl sites for hydroxylation is 1. The number of aliphatic carboxylic acids is 1. The number of hydrogen-bond acceptors (Lipinski definition) is 7. The molecule has 196 valence electrons. The Morgan fingerprint density at radius 3 is 2.08 bits per heavy atom. The molecular formula is C26H29N3O8. The highest BCUT2D eigenvalue weighted by Crippen LogP contribution is 2.23. The average molecular weight is 512 g/mol. The molecule has 0 spiro atoms. The van der Waals surface area contributed by atoms with E-state index in [0.717, 1.165) is 11.1 Å². The number of epoxide rings is 1. The number of aromatic hydroxyl groups is 1. The van der Waals surface area contributed by atoms with Gasteiger partial charge in [-0.05, 0) is 43.0 Å². The molecule has 0 bridgehead atoms. The quantitative estimate of drug-likeness (QED) is 0.232. The van der Waals surface area contributed by atoms with Gasteiger partial charge in [-0.1, -0.05) is 42.0 Å². The lowest BCUT2D eigenvalue weighted by molar-refractivity contribution is -0.138. The Balaban J connectivity index is 1.70. The normalized spacial score (nSPS) is 17.8. The highest BCUT2D eigenvalue weighted by molar-refractivity contribution is 5.98. The Bertz CT molecular complexity index is 1160. The predicted octanol–water partition coefficient (Wildman–Crippen LogP) is -0.000480. The van der Waals surface area contributed by atoms with Gasteiger partial charge in [0.05, 0.1) is 6.04 Å². The van der Waals surface area contributed by atoms with Crippen LogP contribution in [0, 0.1) is 12.8 Å². The van der Waals surface area contributed by atoms with Crippen LogP contribution in [-0.4, -0.2) is 64.5 Å². The van der Waals surface area contributed by atoms with Crippen LogP contribution in [0.2, 0.25) is 0 Å². The Kier molecular flexibility index (Phi) is 8.96. The van der Waals surface area contributed by atoms with Crippen LogP contribution in [0.3, 0.4) is 0 Å². The molecule has 6 N–H and O–H groups in total. The number of carbonyl (C=O) groups excluding carboxylic acids is 4. The molecule has 0 radical (unpaired) electrons. The number of carboxylic acid groups (broad SMARTS) is 1. The third kappa shape index (κ3) is 8.14. The van der Waals surface area contributed by atoms with Crippen molar-refractivity contribution in [1.29, 1.82) is 0 Å². The van der Waals surface area contributed by atoms with Crippen LogP contribution in [0.5, 0.6) is 5.75 Å². The molecule has 1 unspecified atom stereocenters. The summed E-state index contributed by atoms with van der Waals surface area (Å²) >= 11 is 0. The van der Waals surface area contributed by atoms with Crippen LogP contribution < -0.4 is 16.4 Å². The van der Waals surface area contributed by atoms with Crippen LogP contribution in [0.25, 0.3) is 0 Å². The second kappa shape index (κ2) is 12.1. The molecule has 0 aromatic heterocycles. The Morgan fingerprint density at radius 2 is 1.49 bits per heavy atom. The van der Waals surface area contributed by atoms with Gasteiger partial charge in [0.15, 0.2) is 18.0 Å². The molecule has 1 saturated heterocycles. The van der Waals surface area contributed by atoms with Crippen LogP contribution in [-0.2, 0) is 41.6 Å². The summed E-state index contributed by atoms with van der Waals surface area (Å²) < 4.78 is 5.10. The van der Waals surface area contributed by atoms with E-state index < -0.39 is 60.2 Å². The largest absolute Gasteiger partial charge is 0.508 e. The van der Waals surface area contributed by atoms with Gasteiger partial charge in [0, 0.05) is 12.3 Å². The summed E-state index contributed by atoms with van der Waals surface area (Å²) in [6.45, 7) is 1.30. The summed E-state index contributed by atoms with van der Waals surface area (Å²) in [6.07, 6.45) is -2.24. The van der Waals surface area contributed by atoms with Crippen molar-refractivity contribution in [3.8, 4) is 5.75 Å². The number of nitrogens with one attached hydrogen (secondary N) is 2. The third-order valence-electron chi connectivity index (χ3n) is 5.96. The SMILES string of the molecule is Cc1ccc(C[C@H](NC(=O)[C@@H]2OC2C(=O)NCC(=O)O)C(=O)C[C@@H](Cc2ccc(O)cc2)C(N)=O)cc1. The number of primary amides is 1. The summed E-state index contributed by atoms with van der Waals surface area (Å²) in [5, 5.41) is 22.9. The average Bonchev–Trinajstić information content (AvgIpc) is 3.65. The van der Waals surface area contributed by atoms with Gasteiger partial charge in [-0.25, -0.2) is 0 Å². The van der Waals surface area contributed by atoms with Gasteiger partial charge in [0.2, 0.25) is 5.91 Å². The van der Waals surface area contributed by atoms with Crippen molar-refractivity contribution in [1.82, 2.24) is 10.6 Å². The molecule has 3 rings (SSSR count). The summed E-state index contributed by atoms with van der Waals surface area (Å²) in [5.41, 5.74) is 8.05. The van der Waals surface area contributed by atoms with Crippen molar-refractivity contribution in [2.75, 3.05) is 6.54 Å². The van der Waals surface area contributed by atoms with Crippen molar-refractivity contribution in [3.05, 3.63) is 65.2 Å². The van der Waals surface area contributed by atoms with E-state index in [1.165, 1.54) is 12.1 Å². The van der Waals surface area contributed by atoms with Crippen LogP contribution in [0.4, 0.5) is 0 Å². The number of ketones is 1. The lowest BCUT2D eigenvalue weighted by Crippen LogP contribution is -2.46. The lowest BCUT2D eigenvalue weighted by Gasteiger charge is -2.20. The van der Waals surface area contributed by atoms with Crippen molar-refractivity contribution >= 4 is 29.5 Å². The number of phenols is 1. The van der Waals surface area contributed by atoms with E-state index in [2.05, 4.69) is 10.6 Å². The van der Waals surface area contributed by atoms with E-state index in [0.29, 0.717) is 5.56 Å². The summed E-state index contributed by atoms with van der Waals surface area (Å²) in [7, 11) is 0. The van der Waals surface area contributed by atoms with E-state index in [-0.39, 0.29) is 25.0 Å². The first-order valence-corrected chi connectivity index (χ1v) is 11.6. The van der Waals surface area contributed by atoms with Gasteiger partial charge < -0.3 is 31.3 Å². The molecule has 1 aliphatic rings. The second-order valence-electron chi connectivity index (χ2n) is 8.98. The first-order valence-electron chi connectivity index (χ1n) is 11.6. The molecule has 0 saturated carbocycles. The van der Waals surface area contributed by atoms with Gasteiger partial charge in [0.1, 0.15) is 12.3 Å². The number of carboxylic acids is 1. The fraction of sp³-hybridized carbons (Fsp3) is 0.346. The zero-order chi connectivity index (χ0) is 27.1. The van der Waals surface area contributed by atoms with Gasteiger partial charge in [-0.3, -0.25) is 24.0 Å². The van der Waals surface area contributed by atoms with Crippen LogP contribution in [0.1, 0.15) is 23.1 Å². The lowest BCUT2D eigenvalue weighted by atomic mass is 9.89. The monoisotopic (exact) mass is 511 g/mol. The van der Waals surface area contributed by atoms with Crippen molar-refractivity contribution in [3.63, 3.8) is 0 Å². The number of Topliss-reactive ketones (excluding diaryl/α,β-unsaturated/α-hetero) is 1. The molecule has 2 aromatic carbocycles. The van der Waals surface area contributed by atoms with Crippen LogP contribution >= 0.6 is 0 Å². The molecule has 4 atom stereocenters. The minimum Gasteiger partial charge on any atom is -0.508 e. The number of benzene rings is 2. The van der Waals surface area contributed by atoms with Gasteiger partial charge in [-0.2, -0.15) is 0 Å². The number of rotatable bonds is 13. The number of hydrogen-bond donors (Lipinski definition) is 5. The third-order valence-corrected chi connectivity index (χ3v) is 5.96. The zero-order valence-electron chi connectivity index (χ0n) is 20.2. The Morgan fingerprint density at radius 1 is 0.919 bits per heavy atom. The highest BCUT2D eigenvalue weighted by Gasteiger charge is 2.51. The fourth-order valence-electron chi connectivity index (χ4n) is 3.81. The second-order valence-corrected chi connectivity index (χ2v) is 8.98. The molecule has 37 heavy (non-hydrogen) atoms. The Hall–Kier alpha value is -4.25. The smallest absolute Gasteiger partial charge is 0.322 e. The topological polar surface area (TPSA) is 188 Å². The van der Waals surface area contributed by atoms with Crippen LogP contribution in [0.15, 0.2) is 48.5 Å². The molecule has 2 aromatic rings. The molecular weight excluding hydrogens is 482 g/mol. The molecule has 11 nitrogen and oxygen atoms in total. The molecule has 1 aliphatic heterocycles. The first kappa shape index (κ1) is 27.3. The maximum atomic E-state index is 13.3. The molecule has 0 aliphatic carbocycles. The van der Waals surface area contributed by atoms with Crippen molar-refractivity contribution < 1.29 is 38.9 Å². The zero-order valence-corrected chi connectivity index (χ0v) is 20.2.